The molecule has 1 heterocycles. The molecule has 0 saturated heterocycles. The van der Waals surface area contributed by atoms with Gasteiger partial charge in [-0.1, -0.05) is 42.5 Å². The molecule has 0 aliphatic rings. The lowest BCUT2D eigenvalue weighted by molar-refractivity contribution is -0.138. The summed E-state index contributed by atoms with van der Waals surface area (Å²) in [6, 6.07) is 20.1. The molecular formula is C24H18O5. The number of carbonyl (C=O) groups is 1. The Morgan fingerprint density at radius 2 is 1.90 bits per heavy atom. The lowest BCUT2D eigenvalue weighted by Crippen LogP contribution is -2.06. The summed E-state index contributed by atoms with van der Waals surface area (Å²) >= 11 is 0. The third kappa shape index (κ3) is 4.04. The van der Waals surface area contributed by atoms with E-state index in [4.69, 9.17) is 13.9 Å². The number of rotatable bonds is 5. The van der Waals surface area contributed by atoms with Crippen molar-refractivity contribution in [1.82, 2.24) is 0 Å². The molecule has 0 bridgehead atoms. The van der Waals surface area contributed by atoms with Crippen molar-refractivity contribution in [3.63, 3.8) is 0 Å². The fourth-order valence-corrected chi connectivity index (χ4v) is 3.24. The predicted octanol–water partition coefficient (Wildman–Crippen LogP) is 4.71. The number of fused-ring (bicyclic) bond motifs is 3. The van der Waals surface area contributed by atoms with Gasteiger partial charge in [-0.05, 0) is 40.6 Å². The third-order valence-corrected chi connectivity index (χ3v) is 4.59. The molecular weight excluding hydrogens is 368 g/mol. The first kappa shape index (κ1) is 18.5. The first-order valence-corrected chi connectivity index (χ1v) is 9.07. The van der Waals surface area contributed by atoms with Crippen LogP contribution in [0.2, 0.25) is 0 Å². The van der Waals surface area contributed by atoms with Gasteiger partial charge in [0.1, 0.15) is 17.9 Å². The highest BCUT2D eigenvalue weighted by Crippen LogP contribution is 2.27. The van der Waals surface area contributed by atoms with Gasteiger partial charge in [0.05, 0.1) is 7.11 Å². The van der Waals surface area contributed by atoms with Crippen LogP contribution in [0.4, 0.5) is 0 Å². The van der Waals surface area contributed by atoms with Crippen LogP contribution < -0.4 is 10.4 Å². The van der Waals surface area contributed by atoms with Crippen LogP contribution >= 0.6 is 0 Å². The van der Waals surface area contributed by atoms with Crippen LogP contribution in [0.1, 0.15) is 11.1 Å². The minimum absolute atomic E-state index is 0.0304. The predicted molar refractivity (Wildman–Crippen MR) is 112 cm³/mol. The van der Waals surface area contributed by atoms with E-state index in [-0.39, 0.29) is 6.61 Å². The third-order valence-electron chi connectivity index (χ3n) is 4.59. The normalized spacial score (nSPS) is 11.2. The molecule has 0 amide bonds. The van der Waals surface area contributed by atoms with Crippen molar-refractivity contribution in [1.29, 1.82) is 0 Å². The fourth-order valence-electron chi connectivity index (χ4n) is 3.24. The summed E-state index contributed by atoms with van der Waals surface area (Å²) in [5.74, 6) is 0.198. The van der Waals surface area contributed by atoms with Gasteiger partial charge < -0.3 is 13.9 Å². The first-order chi connectivity index (χ1) is 14.1. The van der Waals surface area contributed by atoms with E-state index in [2.05, 4.69) is 0 Å². The molecule has 0 aliphatic carbocycles. The molecule has 0 fully saturated rings. The number of hydrogen-bond acceptors (Lipinski definition) is 5. The van der Waals surface area contributed by atoms with Crippen LogP contribution in [0.5, 0.6) is 5.75 Å². The highest BCUT2D eigenvalue weighted by atomic mass is 16.5. The maximum Gasteiger partial charge on any atom is 0.336 e. The van der Waals surface area contributed by atoms with E-state index in [0.29, 0.717) is 16.9 Å². The van der Waals surface area contributed by atoms with Crippen molar-refractivity contribution in [2.24, 2.45) is 0 Å². The second kappa shape index (κ2) is 8.02. The Balaban J connectivity index is 1.59. The van der Waals surface area contributed by atoms with Crippen molar-refractivity contribution >= 4 is 33.8 Å². The van der Waals surface area contributed by atoms with Crippen LogP contribution in [0, 0.1) is 0 Å². The van der Waals surface area contributed by atoms with Gasteiger partial charge in [-0.25, -0.2) is 9.59 Å². The summed E-state index contributed by atoms with van der Waals surface area (Å²) in [6.07, 6.45) is 3.00. The van der Waals surface area contributed by atoms with Crippen molar-refractivity contribution in [2.45, 2.75) is 6.61 Å². The minimum Gasteiger partial charge on any atom is -0.497 e. The summed E-state index contributed by atoms with van der Waals surface area (Å²) in [6.45, 7) is -0.0304. The first-order valence-electron chi connectivity index (χ1n) is 9.07. The van der Waals surface area contributed by atoms with Gasteiger partial charge in [-0.15, -0.1) is 0 Å². The van der Waals surface area contributed by atoms with E-state index in [9.17, 15) is 9.59 Å². The van der Waals surface area contributed by atoms with E-state index in [1.807, 2.05) is 54.6 Å². The highest BCUT2D eigenvalue weighted by molar-refractivity contribution is 6.07. The van der Waals surface area contributed by atoms with Crippen molar-refractivity contribution < 1.29 is 18.7 Å². The molecule has 0 spiro atoms. The number of methoxy groups -OCH3 is 1. The molecule has 0 aliphatic heterocycles. The summed E-state index contributed by atoms with van der Waals surface area (Å²) in [4.78, 5) is 24.1. The quantitative estimate of drug-likeness (QED) is 0.215. The Morgan fingerprint density at radius 1 is 1.03 bits per heavy atom. The number of esters is 1. The summed E-state index contributed by atoms with van der Waals surface area (Å²) < 4.78 is 15.9. The molecule has 0 unspecified atom stereocenters. The Labute approximate surface area is 166 Å². The Kier molecular flexibility index (Phi) is 5.12. The molecule has 0 saturated carbocycles. The summed E-state index contributed by atoms with van der Waals surface area (Å²) in [5.41, 5.74) is 1.41. The van der Waals surface area contributed by atoms with Crippen LogP contribution in [-0.2, 0) is 16.1 Å². The van der Waals surface area contributed by atoms with Gasteiger partial charge in [0.15, 0.2) is 0 Å². The van der Waals surface area contributed by atoms with Gasteiger partial charge in [-0.2, -0.15) is 0 Å². The monoisotopic (exact) mass is 386 g/mol. The Hall–Kier alpha value is -3.86. The molecule has 3 aromatic carbocycles. The lowest BCUT2D eigenvalue weighted by atomic mass is 10.0. The molecule has 4 aromatic rings. The van der Waals surface area contributed by atoms with Crippen LogP contribution in [0.15, 0.2) is 82.0 Å². The van der Waals surface area contributed by atoms with E-state index in [1.165, 1.54) is 12.1 Å². The molecule has 5 nitrogen and oxygen atoms in total. The van der Waals surface area contributed by atoms with Crippen molar-refractivity contribution in [3.8, 4) is 5.75 Å². The van der Waals surface area contributed by atoms with E-state index < -0.39 is 11.6 Å². The number of ether oxygens (including phenoxy) is 2. The Morgan fingerprint density at radius 3 is 2.76 bits per heavy atom. The van der Waals surface area contributed by atoms with Gasteiger partial charge in [0.25, 0.3) is 0 Å². The lowest BCUT2D eigenvalue weighted by Gasteiger charge is -2.09. The van der Waals surface area contributed by atoms with Crippen LogP contribution in [0.3, 0.4) is 0 Å². The molecule has 144 valence electrons. The zero-order valence-electron chi connectivity index (χ0n) is 15.8. The van der Waals surface area contributed by atoms with E-state index in [1.54, 1.807) is 19.3 Å². The van der Waals surface area contributed by atoms with Crippen molar-refractivity contribution in [2.75, 3.05) is 7.11 Å². The van der Waals surface area contributed by atoms with Gasteiger partial charge in [0, 0.05) is 23.1 Å². The standard InChI is InChI=1S/C24H18O5/c1-27-19-7-4-5-16(13-19)9-12-22(25)28-15-18-14-23(26)29-21-11-10-17-6-2-3-8-20(17)24(18)21/h2-14H,15H2,1H3. The largest absolute Gasteiger partial charge is 0.497 e. The zero-order valence-corrected chi connectivity index (χ0v) is 15.8. The topological polar surface area (TPSA) is 65.7 Å². The van der Waals surface area contributed by atoms with E-state index in [0.717, 1.165) is 21.7 Å². The molecule has 0 N–H and O–H groups in total. The Bertz CT molecular complexity index is 1280. The maximum atomic E-state index is 12.2. The molecule has 0 radical (unpaired) electrons. The van der Waals surface area contributed by atoms with Crippen LogP contribution in [0.25, 0.3) is 27.8 Å². The molecule has 29 heavy (non-hydrogen) atoms. The fraction of sp³-hybridized carbons (Fsp3) is 0.0833. The molecule has 1 aromatic heterocycles. The number of hydrogen-bond donors (Lipinski definition) is 0. The van der Waals surface area contributed by atoms with Gasteiger partial charge in [0.2, 0.25) is 0 Å². The number of carbonyl (C=O) groups excluding carboxylic acids is 1. The highest BCUT2D eigenvalue weighted by Gasteiger charge is 2.11. The van der Waals surface area contributed by atoms with Gasteiger partial charge in [-0.3, -0.25) is 0 Å². The molecule has 4 rings (SSSR count). The minimum atomic E-state index is -0.505. The average Bonchev–Trinajstić information content (AvgIpc) is 2.75. The number of benzene rings is 3. The molecule has 0 atom stereocenters. The summed E-state index contributed by atoms with van der Waals surface area (Å²) in [5, 5.41) is 2.72. The van der Waals surface area contributed by atoms with Gasteiger partial charge >= 0.3 is 11.6 Å². The SMILES string of the molecule is COc1cccc(C=CC(=O)OCc2cc(=O)oc3ccc4ccccc4c23)c1. The smallest absolute Gasteiger partial charge is 0.336 e. The summed E-state index contributed by atoms with van der Waals surface area (Å²) in [7, 11) is 1.58. The van der Waals surface area contributed by atoms with E-state index >= 15 is 0 Å². The maximum absolute atomic E-state index is 12.2. The zero-order chi connectivity index (χ0) is 20.2. The molecule has 5 heteroatoms. The van der Waals surface area contributed by atoms with Crippen LogP contribution in [-0.4, -0.2) is 13.1 Å². The van der Waals surface area contributed by atoms with Crippen molar-refractivity contribution in [3.05, 3.63) is 94.4 Å². The average molecular weight is 386 g/mol. The second-order valence-corrected chi connectivity index (χ2v) is 6.47. The second-order valence-electron chi connectivity index (χ2n) is 6.47.